The van der Waals surface area contributed by atoms with Gasteiger partial charge in [0, 0.05) is 91.0 Å². The zero-order valence-electron chi connectivity index (χ0n) is 68.9. The summed E-state index contributed by atoms with van der Waals surface area (Å²) in [6.07, 6.45) is -22.8. The van der Waals surface area contributed by atoms with Crippen LogP contribution in [0, 0.1) is 15.4 Å². The molecule has 2 aliphatic carbocycles. The van der Waals surface area contributed by atoms with Gasteiger partial charge in [0.2, 0.25) is 0 Å². The van der Waals surface area contributed by atoms with Gasteiger partial charge in [-0.3, -0.25) is 108 Å². The first-order chi connectivity index (χ1) is 63.8. The van der Waals surface area contributed by atoms with Gasteiger partial charge in [0.05, 0.1) is 61.0 Å². The Morgan fingerprint density at radius 1 is 0.442 bits per heavy atom. The molecule has 0 amide bonds. The van der Waals surface area contributed by atoms with E-state index in [0.29, 0.717) is 18.4 Å². The number of ether oxygens (including phenoxy) is 6. The number of H-pyrrole nitrogens is 5. The molecular formula is C65H88IN15O51P6. The average molecular weight is 2210 g/mol. The van der Waals surface area contributed by atoms with Gasteiger partial charge in [0.1, 0.15) is 91.6 Å². The number of aromatic nitrogens is 12. The lowest BCUT2D eigenvalue weighted by Crippen LogP contribution is -2.45. The van der Waals surface area contributed by atoms with Crippen LogP contribution in [0.3, 0.4) is 0 Å². The summed E-state index contributed by atoms with van der Waals surface area (Å²) in [5.41, 5.74) is -0.441. The van der Waals surface area contributed by atoms with Crippen LogP contribution in [0.4, 0.5) is 0 Å². The number of aliphatic hydroxyl groups excluding tert-OH is 10. The van der Waals surface area contributed by atoms with E-state index in [4.69, 9.17) is 82.1 Å². The molecule has 7 aliphatic rings. The van der Waals surface area contributed by atoms with Gasteiger partial charge >= 0.3 is 81.1 Å². The molecule has 5 aliphatic heterocycles. The van der Waals surface area contributed by atoms with Crippen molar-refractivity contribution in [3.63, 3.8) is 0 Å². The van der Waals surface area contributed by atoms with Crippen LogP contribution in [-0.4, -0.2) is 301 Å². The number of rotatable bonds is 30. The van der Waals surface area contributed by atoms with Crippen molar-refractivity contribution in [2.75, 3.05) is 46.8 Å². The third-order valence-corrected chi connectivity index (χ3v) is 26.3. The SMILES string of the molecule is C.COC(c1ccccc1)n1c(=O)ccn([C@@H]2O[C@H](COP(=O)(O)O)[C@@H](O)[C@H]2O)c1=O.O=c1[nH]c(=O)n([C@@H]2O[C@H](COP(=O)(O)O)[C@@H](O)[C@H]2O)cc1I.O=c1ccn([C@@H]2O[C@H](COP(=O)(O)OCC3O[C@@H](n4ccc(=O)[nH]c4=O)[C@H](O)[C@@H]3O)[C@@H](O)[C@H]2O)c(=O)[nH]1.O=c1ccn([C@]23C[C@H](O)[C@@H](COP(=O)(O)O)[C@@H]2C3)c(=O)[nH]1.[N-]=[N+]=N[C@@H]1[C@H](O)[C@@H](COP(=O)(O)OP(=O)(O)O)O[C@H]1n1ccc(=O)[nH]c1=O. The molecule has 766 valence electrons. The van der Waals surface area contributed by atoms with Gasteiger partial charge in [-0.05, 0) is 46.9 Å². The fourth-order valence-electron chi connectivity index (χ4n) is 14.6. The third-order valence-electron chi connectivity index (χ3n) is 20.9. The van der Waals surface area contributed by atoms with Gasteiger partial charge in [-0.25, -0.2) is 60.7 Å². The highest BCUT2D eigenvalue weighted by molar-refractivity contribution is 14.1. The zero-order chi connectivity index (χ0) is 102. The molecule has 0 spiro atoms. The van der Waals surface area contributed by atoms with Crippen LogP contribution in [0.25, 0.3) is 10.4 Å². The fraction of sp³-hybridized carbons (Fsp3) is 0.538. The summed E-state index contributed by atoms with van der Waals surface area (Å²) in [4.78, 5) is 242. The smallest absolute Gasteiger partial charge is 0.393 e. The highest BCUT2D eigenvalue weighted by Crippen LogP contribution is 2.64. The second-order valence-corrected chi connectivity index (χ2v) is 39.1. The summed E-state index contributed by atoms with van der Waals surface area (Å²) in [5, 5.41) is 104. The normalized spacial score (nSPS) is 29.8. The van der Waals surface area contributed by atoms with Gasteiger partial charge in [-0.2, -0.15) is 4.31 Å². The molecule has 0 radical (unpaired) electrons. The predicted octanol–water partition coefficient (Wildman–Crippen LogP) is -9.66. The molecular weight excluding hydrogens is 2120 g/mol. The Morgan fingerprint density at radius 3 is 1.21 bits per heavy atom. The Bertz CT molecular complexity index is 6500. The van der Waals surface area contributed by atoms with Crippen molar-refractivity contribution in [2.24, 2.45) is 17.0 Å². The van der Waals surface area contributed by atoms with Crippen LogP contribution in [0.2, 0.25) is 0 Å². The van der Waals surface area contributed by atoms with Crippen LogP contribution in [0.5, 0.6) is 0 Å². The lowest BCUT2D eigenvalue weighted by Gasteiger charge is -2.22. The van der Waals surface area contributed by atoms with Crippen molar-refractivity contribution < 1.29 is 187 Å². The summed E-state index contributed by atoms with van der Waals surface area (Å²) in [7, 11) is -28.3. The highest BCUT2D eigenvalue weighted by Gasteiger charge is 2.67. The number of phosphoric ester groups is 5. The Balaban J connectivity index is 0.000000196. The largest absolute Gasteiger partial charge is 0.481 e. The van der Waals surface area contributed by atoms with E-state index >= 15 is 0 Å². The topological polar surface area (TPSA) is 994 Å². The molecule has 25 N–H and O–H groups in total. The number of benzene rings is 1. The monoisotopic (exact) mass is 2210 g/mol. The van der Waals surface area contributed by atoms with Gasteiger partial charge in [0.25, 0.3) is 33.4 Å². The first-order valence-corrected chi connectivity index (χ1v) is 48.7. The molecule has 66 nitrogen and oxygen atoms in total. The van der Waals surface area contributed by atoms with Crippen molar-refractivity contribution in [1.29, 1.82) is 0 Å². The Kier molecular flexibility index (Phi) is 37.8. The molecule has 7 aromatic rings. The van der Waals surface area contributed by atoms with Crippen molar-refractivity contribution in [2.45, 2.75) is 161 Å². The van der Waals surface area contributed by atoms with Crippen LogP contribution in [-0.2, 0) is 92.8 Å². The first kappa shape index (κ1) is 113. The predicted molar refractivity (Wildman–Crippen MR) is 454 cm³/mol. The van der Waals surface area contributed by atoms with E-state index in [1.54, 1.807) is 52.9 Å². The standard InChI is InChI=1S/C18H23N4O14P.C17H21N2O10P.C11H15N2O7P.C9H12IN2O9P.C9H13N5O11P2.CH4/c23-9-1-3-21(17(29)19-9)15-13(27)11(25)7(35-15)5-33-37(31,32)34-6-8-12(26)14(28)16(36-8)22-4-2-10(24)20-18(22)30;1-27-15(10-5-3-2-4-6-10)19-12(20)7-8-18(17(19)23)16-14(22)13(21)11(29-16)9-28-30(24,25)26;14-8-4-11(13-2-1-9(15)12-10(13)16)3-7(11)6(8)5-20-21(17,18)19;10-3-1-12(9(16)11-7(3)15)8-6(14)5(13)4(21-8)2-20-22(17,18)19;10-13-12-6-7(16)4(3-23-27(21,22)25-26(18,19)20)24-8(6)14-2-1-5(15)11-9(14)17;/h1-4,7-8,11-16,25-28H,5-6H2,(H,31,32)(H,19,23,29)(H,20,24,30);2-8,11,13-16,21-22H,9H2,1H3,(H2,24,25,26);1-2,6-8,14H,3-5H2,(H,12,15,16)(H2,17,18,19);1,4-6,8,13-14H,2H2,(H,11,15,16)(H2,17,18,19);1-2,4,6-8,16H,3H2,(H,21,22)(H,11,15,17)(H2,18,19,20);1H4/t7-,8?,11-,12-,13-,14-,15-,16-;11-,13-,14-,15?,16-;6-,7-,8-,11+;4-,5-,6-,8-;4-,6-,7-,8-;/m11011./s1. The molecule has 2 saturated carbocycles. The molecule has 5 saturated heterocycles. The van der Waals surface area contributed by atoms with E-state index in [-0.39, 0.29) is 23.5 Å². The molecule has 4 unspecified atom stereocenters. The van der Waals surface area contributed by atoms with Crippen LogP contribution in [0.15, 0.2) is 160 Å². The second kappa shape index (κ2) is 46.2. The number of halogens is 1. The number of nitrogens with one attached hydrogen (secondary N) is 5. The zero-order valence-corrected chi connectivity index (χ0v) is 76.4. The minimum atomic E-state index is -5.34. The maximum atomic E-state index is 13.0. The van der Waals surface area contributed by atoms with E-state index < -0.39 is 294 Å². The average Bonchev–Trinajstić information content (AvgIpc) is 1.52. The molecule has 1 aromatic carbocycles. The van der Waals surface area contributed by atoms with Crippen LogP contribution >= 0.6 is 69.5 Å². The first-order valence-electron chi connectivity index (χ1n) is 38.6. The number of phosphoric acid groups is 6. The maximum absolute atomic E-state index is 13.0. The third kappa shape index (κ3) is 28.5. The molecule has 7 fully saturated rings. The Labute approximate surface area is 777 Å². The number of hydrogen-bond acceptors (Lipinski definition) is 42. The lowest BCUT2D eigenvalue weighted by molar-refractivity contribution is -0.0641. The molecule has 27 atom stereocenters. The minimum absolute atomic E-state index is 0. The van der Waals surface area contributed by atoms with Gasteiger partial charge in [-0.1, -0.05) is 42.9 Å². The lowest BCUT2D eigenvalue weighted by atomic mass is 10.0. The van der Waals surface area contributed by atoms with E-state index in [2.05, 4.69) is 37.4 Å². The van der Waals surface area contributed by atoms with Crippen LogP contribution in [0.1, 0.15) is 63.2 Å². The number of fused-ring (bicyclic) bond motifs is 1. The van der Waals surface area contributed by atoms with Crippen molar-refractivity contribution in [1.82, 2.24) is 56.9 Å². The quantitative estimate of drug-likeness (QED) is 0.00654. The second-order valence-electron chi connectivity index (χ2n) is 29.9. The summed E-state index contributed by atoms with van der Waals surface area (Å²) in [6, 6.07) is 12.3. The minimum Gasteiger partial charge on any atom is -0.393 e. The van der Waals surface area contributed by atoms with Gasteiger partial charge in [0.15, 0.2) is 31.1 Å². The number of aliphatic hydroxyl groups is 10. The maximum Gasteiger partial charge on any atom is 0.481 e. The summed E-state index contributed by atoms with van der Waals surface area (Å²) < 4.78 is 136. The summed E-state index contributed by atoms with van der Waals surface area (Å²) in [5.74, 6) is -0.556. The number of hydrogen-bond donors (Lipinski definition) is 25. The van der Waals surface area contributed by atoms with Gasteiger partial charge < -0.3 is 128 Å². The molecule has 0 bridgehead atoms. The Hall–Kier alpha value is -8.60. The number of nitrogens with zero attached hydrogens (tertiary/aromatic N) is 10. The number of methoxy groups -OCH3 is 1. The Morgan fingerprint density at radius 2 is 0.804 bits per heavy atom. The molecule has 73 heteroatoms. The summed E-state index contributed by atoms with van der Waals surface area (Å²) >= 11 is 1.67. The highest BCUT2D eigenvalue weighted by atomic mass is 127. The van der Waals surface area contributed by atoms with E-state index in [1.807, 2.05) is 19.9 Å². The van der Waals surface area contributed by atoms with Crippen molar-refractivity contribution >= 4 is 69.5 Å². The molecule has 6 aromatic heterocycles. The molecule has 14 rings (SSSR count). The summed E-state index contributed by atoms with van der Waals surface area (Å²) in [6.45, 7) is -4.16. The fourth-order valence-corrected chi connectivity index (χ4v) is 18.4. The number of azide groups is 1. The number of aromatic amines is 5. The van der Waals surface area contributed by atoms with E-state index in [1.165, 1.54) is 23.9 Å². The van der Waals surface area contributed by atoms with Crippen molar-refractivity contribution in [3.8, 4) is 0 Å². The van der Waals surface area contributed by atoms with E-state index in [0.717, 1.165) is 82.7 Å². The molecule has 11 heterocycles. The van der Waals surface area contributed by atoms with E-state index in [9.17, 15) is 146 Å². The van der Waals surface area contributed by atoms with Crippen LogP contribution < -0.4 is 67.5 Å². The molecule has 138 heavy (non-hydrogen) atoms. The van der Waals surface area contributed by atoms with Gasteiger partial charge in [-0.15, -0.1) is 0 Å². The van der Waals surface area contributed by atoms with Crippen molar-refractivity contribution in [3.05, 3.63) is 242 Å².